The summed E-state index contributed by atoms with van der Waals surface area (Å²) in [7, 11) is 0. The normalized spacial score (nSPS) is 13.5. The van der Waals surface area contributed by atoms with Gasteiger partial charge in [0.05, 0.1) is 18.5 Å². The van der Waals surface area contributed by atoms with Crippen molar-refractivity contribution in [3.63, 3.8) is 0 Å². The van der Waals surface area contributed by atoms with Gasteiger partial charge in [-0.15, -0.1) is 0 Å². The Morgan fingerprint density at radius 3 is 2.71 bits per heavy atom. The molecule has 3 N–H and O–H groups in total. The van der Waals surface area contributed by atoms with Gasteiger partial charge in [0.15, 0.2) is 0 Å². The predicted molar refractivity (Wildman–Crippen MR) is 66.0 cm³/mol. The lowest BCUT2D eigenvalue weighted by Crippen LogP contribution is -2.45. The summed E-state index contributed by atoms with van der Waals surface area (Å²) in [5.41, 5.74) is 6.83. The minimum absolute atomic E-state index is 0.158. The average Bonchev–Trinajstić information content (AvgIpc) is 2.30. The zero-order chi connectivity index (χ0) is 12.7. The second-order valence-electron chi connectivity index (χ2n) is 4.07. The van der Waals surface area contributed by atoms with Crippen LogP contribution in [0.15, 0.2) is 30.3 Å². The Labute approximate surface area is 101 Å². The number of nitrogens with two attached hydrogens (primary N) is 1. The molecule has 0 bridgehead atoms. The van der Waals surface area contributed by atoms with Crippen LogP contribution in [0.5, 0.6) is 0 Å². The van der Waals surface area contributed by atoms with E-state index in [2.05, 4.69) is 5.32 Å². The van der Waals surface area contributed by atoms with Crippen LogP contribution in [0.3, 0.4) is 0 Å². The first-order valence-electron chi connectivity index (χ1n) is 5.60. The van der Waals surface area contributed by atoms with Gasteiger partial charge in [-0.1, -0.05) is 30.3 Å². The standard InChI is InChI=1S/C13H17N3O/c1-10(7-8-14)16-13(17)12(15)9-11-5-3-2-4-6-11/h2-6,10,12H,7,9,15H2,1H3,(H,16,17)/t10?,12-/m1/s1. The molecule has 4 heteroatoms. The highest BCUT2D eigenvalue weighted by Crippen LogP contribution is 2.02. The number of carbonyl (C=O) groups excluding carboxylic acids is 1. The van der Waals surface area contributed by atoms with E-state index in [0.29, 0.717) is 12.8 Å². The molecule has 1 rings (SSSR count). The van der Waals surface area contributed by atoms with Gasteiger partial charge in [0.1, 0.15) is 0 Å². The van der Waals surface area contributed by atoms with Crippen molar-refractivity contribution in [1.29, 1.82) is 5.26 Å². The van der Waals surface area contributed by atoms with Crippen LogP contribution in [0.25, 0.3) is 0 Å². The van der Waals surface area contributed by atoms with E-state index in [-0.39, 0.29) is 11.9 Å². The first-order chi connectivity index (χ1) is 8.13. The molecule has 17 heavy (non-hydrogen) atoms. The molecule has 90 valence electrons. The second kappa shape index (κ2) is 6.66. The number of benzene rings is 1. The first kappa shape index (κ1) is 13.2. The number of nitriles is 1. The number of hydrogen-bond donors (Lipinski definition) is 2. The number of hydrogen-bond acceptors (Lipinski definition) is 3. The van der Waals surface area contributed by atoms with E-state index in [9.17, 15) is 4.79 Å². The van der Waals surface area contributed by atoms with Crippen LogP contribution < -0.4 is 11.1 Å². The lowest BCUT2D eigenvalue weighted by Gasteiger charge is -2.15. The van der Waals surface area contributed by atoms with Crippen molar-refractivity contribution in [2.75, 3.05) is 0 Å². The Hall–Kier alpha value is -1.86. The molecule has 1 amide bonds. The van der Waals surface area contributed by atoms with Crippen molar-refractivity contribution in [3.05, 3.63) is 35.9 Å². The van der Waals surface area contributed by atoms with Crippen molar-refractivity contribution in [3.8, 4) is 6.07 Å². The number of rotatable bonds is 5. The molecule has 0 saturated heterocycles. The monoisotopic (exact) mass is 231 g/mol. The molecule has 1 aromatic rings. The summed E-state index contributed by atoms with van der Waals surface area (Å²) >= 11 is 0. The molecule has 4 nitrogen and oxygen atoms in total. The van der Waals surface area contributed by atoms with Crippen molar-refractivity contribution in [2.45, 2.75) is 31.8 Å². The molecule has 0 saturated carbocycles. The minimum atomic E-state index is -0.571. The molecule has 0 spiro atoms. The summed E-state index contributed by atoms with van der Waals surface area (Å²) in [4.78, 5) is 11.7. The Bertz CT molecular complexity index is 397. The summed E-state index contributed by atoms with van der Waals surface area (Å²) in [6.07, 6.45) is 0.801. The Kier molecular flexibility index (Phi) is 5.18. The summed E-state index contributed by atoms with van der Waals surface area (Å²) in [6.45, 7) is 1.79. The third-order valence-corrected chi connectivity index (χ3v) is 2.42. The lowest BCUT2D eigenvalue weighted by molar-refractivity contribution is -0.122. The van der Waals surface area contributed by atoms with E-state index >= 15 is 0 Å². The van der Waals surface area contributed by atoms with Gasteiger partial charge < -0.3 is 11.1 Å². The molecular formula is C13H17N3O. The molecule has 0 radical (unpaired) electrons. The van der Waals surface area contributed by atoms with Crippen molar-refractivity contribution < 1.29 is 4.79 Å². The number of amides is 1. The SMILES string of the molecule is CC(CC#N)NC(=O)[C@H](N)Cc1ccccc1. The summed E-state index contributed by atoms with van der Waals surface area (Å²) < 4.78 is 0. The van der Waals surface area contributed by atoms with E-state index in [1.54, 1.807) is 6.92 Å². The maximum atomic E-state index is 11.7. The second-order valence-corrected chi connectivity index (χ2v) is 4.07. The molecule has 2 atom stereocenters. The molecule has 0 aliphatic rings. The van der Waals surface area contributed by atoms with Crippen molar-refractivity contribution in [1.82, 2.24) is 5.32 Å². The maximum Gasteiger partial charge on any atom is 0.237 e. The largest absolute Gasteiger partial charge is 0.351 e. The number of nitrogens with one attached hydrogen (secondary N) is 1. The highest BCUT2D eigenvalue weighted by molar-refractivity contribution is 5.82. The zero-order valence-corrected chi connectivity index (χ0v) is 9.89. The highest BCUT2D eigenvalue weighted by Gasteiger charge is 2.15. The van der Waals surface area contributed by atoms with Crippen LogP contribution in [-0.4, -0.2) is 18.0 Å². The zero-order valence-electron chi connectivity index (χ0n) is 9.89. The minimum Gasteiger partial charge on any atom is -0.351 e. The van der Waals surface area contributed by atoms with E-state index < -0.39 is 6.04 Å². The van der Waals surface area contributed by atoms with Gasteiger partial charge in [-0.25, -0.2) is 0 Å². The molecule has 1 aromatic carbocycles. The van der Waals surface area contributed by atoms with Crippen molar-refractivity contribution in [2.24, 2.45) is 5.73 Å². The summed E-state index contributed by atoms with van der Waals surface area (Å²) in [6, 6.07) is 10.9. The van der Waals surface area contributed by atoms with Crippen molar-refractivity contribution >= 4 is 5.91 Å². The topological polar surface area (TPSA) is 78.9 Å². The Morgan fingerprint density at radius 2 is 2.12 bits per heavy atom. The van der Waals surface area contributed by atoms with Gasteiger partial charge in [0, 0.05) is 6.04 Å². The third kappa shape index (κ3) is 4.66. The smallest absolute Gasteiger partial charge is 0.237 e. The van der Waals surface area contributed by atoms with Gasteiger partial charge in [-0.05, 0) is 18.9 Å². The fraction of sp³-hybridized carbons (Fsp3) is 0.385. The quantitative estimate of drug-likeness (QED) is 0.792. The van der Waals surface area contributed by atoms with Crippen LogP contribution in [0.1, 0.15) is 18.9 Å². The van der Waals surface area contributed by atoms with Gasteiger partial charge in [0.2, 0.25) is 5.91 Å². The average molecular weight is 231 g/mol. The van der Waals surface area contributed by atoms with E-state index in [4.69, 9.17) is 11.0 Å². The first-order valence-corrected chi connectivity index (χ1v) is 5.60. The number of nitrogens with zero attached hydrogens (tertiary/aromatic N) is 1. The van der Waals surface area contributed by atoms with Gasteiger partial charge in [-0.3, -0.25) is 4.79 Å². The van der Waals surface area contributed by atoms with E-state index in [0.717, 1.165) is 5.56 Å². The molecular weight excluding hydrogens is 214 g/mol. The Balaban J connectivity index is 2.45. The lowest BCUT2D eigenvalue weighted by atomic mass is 10.1. The van der Waals surface area contributed by atoms with Crippen LogP contribution in [0, 0.1) is 11.3 Å². The highest BCUT2D eigenvalue weighted by atomic mass is 16.2. The van der Waals surface area contributed by atoms with Gasteiger partial charge in [0.25, 0.3) is 0 Å². The molecule has 1 unspecified atom stereocenters. The van der Waals surface area contributed by atoms with Crippen LogP contribution in [-0.2, 0) is 11.2 Å². The summed E-state index contributed by atoms with van der Waals surface area (Å²) in [5, 5.41) is 11.2. The maximum absolute atomic E-state index is 11.7. The Morgan fingerprint density at radius 1 is 1.47 bits per heavy atom. The van der Waals surface area contributed by atoms with Crippen LogP contribution in [0.4, 0.5) is 0 Å². The molecule has 0 aromatic heterocycles. The molecule has 0 fully saturated rings. The fourth-order valence-corrected chi connectivity index (χ4v) is 1.50. The molecule has 0 heterocycles. The van der Waals surface area contributed by atoms with E-state index in [1.807, 2.05) is 36.4 Å². The number of carbonyl (C=O) groups is 1. The third-order valence-electron chi connectivity index (χ3n) is 2.42. The summed E-state index contributed by atoms with van der Waals surface area (Å²) in [5.74, 6) is -0.211. The predicted octanol–water partition coefficient (Wildman–Crippen LogP) is 0.975. The molecule has 0 aliphatic heterocycles. The van der Waals surface area contributed by atoms with E-state index in [1.165, 1.54) is 0 Å². The van der Waals surface area contributed by atoms with Gasteiger partial charge >= 0.3 is 0 Å². The van der Waals surface area contributed by atoms with Crippen LogP contribution in [0.2, 0.25) is 0 Å². The van der Waals surface area contributed by atoms with Crippen LogP contribution >= 0.6 is 0 Å². The fourth-order valence-electron chi connectivity index (χ4n) is 1.50. The molecule has 0 aliphatic carbocycles. The van der Waals surface area contributed by atoms with Gasteiger partial charge in [-0.2, -0.15) is 5.26 Å².